The van der Waals surface area contributed by atoms with Gasteiger partial charge in [0.25, 0.3) is 0 Å². The van der Waals surface area contributed by atoms with Gasteiger partial charge in [-0.05, 0) is 63.9 Å². The van der Waals surface area contributed by atoms with E-state index in [0.717, 1.165) is 42.7 Å². The smallest absolute Gasteiger partial charge is 0.243 e. The second-order valence-electron chi connectivity index (χ2n) is 11.7. The zero-order valence-electron chi connectivity index (χ0n) is 24.3. The molecule has 1 aliphatic carbocycles. The fourth-order valence-corrected chi connectivity index (χ4v) is 6.39. The van der Waals surface area contributed by atoms with Crippen LogP contribution in [-0.2, 0) is 21.0 Å². The van der Waals surface area contributed by atoms with Crippen LogP contribution in [0.4, 0.5) is 16.0 Å². The van der Waals surface area contributed by atoms with Crippen molar-refractivity contribution in [3.63, 3.8) is 0 Å². The summed E-state index contributed by atoms with van der Waals surface area (Å²) in [7, 11) is 4.00. The third kappa shape index (κ3) is 7.64. The molecule has 2 N–H and O–H groups in total. The Kier molecular flexibility index (Phi) is 10.4. The molecule has 2 heterocycles. The van der Waals surface area contributed by atoms with Crippen molar-refractivity contribution in [3.05, 3.63) is 47.0 Å². The first-order chi connectivity index (χ1) is 19.6. The molecule has 2 aliphatic rings. The van der Waals surface area contributed by atoms with Crippen LogP contribution >= 0.6 is 11.6 Å². The number of hydroxylamine groups is 2. The van der Waals surface area contributed by atoms with Crippen LogP contribution in [-0.4, -0.2) is 71.0 Å². The van der Waals surface area contributed by atoms with Crippen LogP contribution < -0.4 is 15.8 Å². The molecular formula is C29H41ClFN7O3. The Morgan fingerprint density at radius 1 is 1.22 bits per heavy atom. The number of hydrogen-bond donors (Lipinski definition) is 2. The van der Waals surface area contributed by atoms with Crippen LogP contribution in [0.1, 0.15) is 57.9 Å². The average Bonchev–Trinajstić information content (AvgIpc) is 3.57. The molecule has 2 aromatic rings. The molecule has 0 spiro atoms. The fraction of sp³-hybridized carbons (Fsp3) is 0.586. The summed E-state index contributed by atoms with van der Waals surface area (Å²) in [5.74, 6) is -1.44. The summed E-state index contributed by atoms with van der Waals surface area (Å²) in [6, 6.07) is 9.67. The van der Waals surface area contributed by atoms with Crippen molar-refractivity contribution in [1.82, 2.24) is 25.4 Å². The van der Waals surface area contributed by atoms with Gasteiger partial charge in [0.2, 0.25) is 23.4 Å². The van der Waals surface area contributed by atoms with Crippen molar-refractivity contribution in [2.24, 2.45) is 11.8 Å². The van der Waals surface area contributed by atoms with E-state index in [1.54, 1.807) is 0 Å². The molecule has 2 atom stereocenters. The van der Waals surface area contributed by atoms with E-state index in [9.17, 15) is 9.59 Å². The zero-order chi connectivity index (χ0) is 29.6. The van der Waals surface area contributed by atoms with Crippen molar-refractivity contribution in [2.75, 3.05) is 37.5 Å². The van der Waals surface area contributed by atoms with Crippen molar-refractivity contribution in [2.45, 2.75) is 70.6 Å². The van der Waals surface area contributed by atoms with E-state index in [1.807, 2.05) is 63.2 Å². The number of carbonyl (C=O) groups is 2. The third-order valence-electron chi connectivity index (χ3n) is 8.35. The van der Waals surface area contributed by atoms with Crippen molar-refractivity contribution >= 4 is 35.6 Å². The number of hydrogen-bond acceptors (Lipinski definition) is 8. The van der Waals surface area contributed by atoms with Gasteiger partial charge in [0.05, 0.1) is 18.0 Å². The largest absolute Gasteiger partial charge is 0.347 e. The standard InChI is InChI=1S/C29H41ClFN7O3/c1-29(2)23(36(3)4)14-15-38(29)26-24(31)25(32-28(30)33-26)34-35-27(40)22(16-20-10-8-9-11-20)17-37(19-39)41-18-21-12-6-5-7-13-21/h5-7,12-13,19-20,22-23H,8-11,14-18H2,1-4H3,(H,35,40)(H,32,33,34)/t22-,23?/m0/s1. The Bertz CT molecular complexity index is 1180. The summed E-state index contributed by atoms with van der Waals surface area (Å²) in [4.78, 5) is 43.1. The summed E-state index contributed by atoms with van der Waals surface area (Å²) in [6.45, 7) is 4.94. The molecule has 1 aromatic heterocycles. The molecule has 1 unspecified atom stereocenters. The van der Waals surface area contributed by atoms with E-state index in [1.165, 1.54) is 0 Å². The van der Waals surface area contributed by atoms with Gasteiger partial charge >= 0.3 is 0 Å². The molecular weight excluding hydrogens is 549 g/mol. The van der Waals surface area contributed by atoms with Gasteiger partial charge in [-0.3, -0.25) is 25.3 Å². The maximum absolute atomic E-state index is 15.8. The number of nitrogens with one attached hydrogen (secondary N) is 2. The highest BCUT2D eigenvalue weighted by atomic mass is 35.5. The molecule has 224 valence electrons. The monoisotopic (exact) mass is 589 g/mol. The molecule has 12 heteroatoms. The number of aromatic nitrogens is 2. The predicted octanol–water partition coefficient (Wildman–Crippen LogP) is 4.42. The minimum atomic E-state index is -0.699. The number of halogens is 2. The summed E-state index contributed by atoms with van der Waals surface area (Å²) < 4.78 is 15.8. The normalized spacial score (nSPS) is 19.4. The molecule has 1 saturated heterocycles. The van der Waals surface area contributed by atoms with Crippen LogP contribution in [0.2, 0.25) is 5.28 Å². The first-order valence-corrected chi connectivity index (χ1v) is 14.6. The number of anilines is 2. The molecule has 1 aromatic carbocycles. The topological polar surface area (TPSA) is 103 Å². The number of rotatable bonds is 13. The Labute approximate surface area is 246 Å². The highest BCUT2D eigenvalue weighted by molar-refractivity contribution is 6.28. The third-order valence-corrected chi connectivity index (χ3v) is 8.52. The lowest BCUT2D eigenvalue weighted by Gasteiger charge is -2.39. The van der Waals surface area contributed by atoms with Gasteiger partial charge in [-0.25, -0.2) is 5.06 Å². The number of likely N-dealkylation sites (N-methyl/N-ethyl adjacent to an activating group) is 1. The van der Waals surface area contributed by atoms with Crippen LogP contribution in [0.25, 0.3) is 0 Å². The average molecular weight is 590 g/mol. The lowest BCUT2D eigenvalue weighted by Crippen LogP contribution is -2.51. The van der Waals surface area contributed by atoms with Crippen LogP contribution in [0.5, 0.6) is 0 Å². The zero-order valence-corrected chi connectivity index (χ0v) is 25.0. The van der Waals surface area contributed by atoms with Crippen LogP contribution in [0.3, 0.4) is 0 Å². The van der Waals surface area contributed by atoms with Gasteiger partial charge in [-0.2, -0.15) is 14.4 Å². The first-order valence-electron chi connectivity index (χ1n) is 14.2. The Morgan fingerprint density at radius 2 is 1.93 bits per heavy atom. The molecule has 0 bridgehead atoms. The van der Waals surface area contributed by atoms with Crippen LogP contribution in [0.15, 0.2) is 30.3 Å². The van der Waals surface area contributed by atoms with Gasteiger partial charge in [0.15, 0.2) is 11.6 Å². The first kappa shape index (κ1) is 30.9. The quantitative estimate of drug-likeness (QED) is 0.201. The molecule has 1 aliphatic heterocycles. The van der Waals surface area contributed by atoms with E-state index in [0.29, 0.717) is 25.3 Å². The molecule has 4 rings (SSSR count). The molecule has 10 nitrogen and oxygen atoms in total. The number of carbonyl (C=O) groups excluding carboxylic acids is 2. The summed E-state index contributed by atoms with van der Waals surface area (Å²) in [6.07, 6.45) is 6.30. The maximum atomic E-state index is 15.8. The molecule has 41 heavy (non-hydrogen) atoms. The summed E-state index contributed by atoms with van der Waals surface area (Å²) in [5, 5.41) is 1.02. The minimum absolute atomic E-state index is 0.0620. The van der Waals surface area contributed by atoms with Gasteiger partial charge in [-0.15, -0.1) is 0 Å². The lowest BCUT2D eigenvalue weighted by molar-refractivity contribution is -0.182. The number of amides is 2. The van der Waals surface area contributed by atoms with Gasteiger partial charge in [-0.1, -0.05) is 56.0 Å². The van der Waals surface area contributed by atoms with Gasteiger partial charge < -0.3 is 9.80 Å². The van der Waals surface area contributed by atoms with E-state index < -0.39 is 23.2 Å². The second-order valence-corrected chi connectivity index (χ2v) is 12.1. The van der Waals surface area contributed by atoms with Gasteiger partial charge in [0, 0.05) is 12.6 Å². The van der Waals surface area contributed by atoms with E-state index in [2.05, 4.69) is 25.7 Å². The van der Waals surface area contributed by atoms with E-state index >= 15 is 4.39 Å². The Balaban J connectivity index is 1.46. The Hall–Kier alpha value is -3.02. The van der Waals surface area contributed by atoms with Gasteiger partial charge in [0.1, 0.15) is 6.61 Å². The maximum Gasteiger partial charge on any atom is 0.243 e. The highest BCUT2D eigenvalue weighted by Gasteiger charge is 2.44. The number of nitrogens with zero attached hydrogens (tertiary/aromatic N) is 5. The minimum Gasteiger partial charge on any atom is -0.347 e. The number of benzene rings is 1. The van der Waals surface area contributed by atoms with E-state index in [-0.39, 0.29) is 36.1 Å². The van der Waals surface area contributed by atoms with Crippen molar-refractivity contribution in [1.29, 1.82) is 0 Å². The van der Waals surface area contributed by atoms with Crippen molar-refractivity contribution < 1.29 is 18.8 Å². The predicted molar refractivity (Wildman–Crippen MR) is 156 cm³/mol. The van der Waals surface area contributed by atoms with Crippen molar-refractivity contribution in [3.8, 4) is 0 Å². The molecule has 0 radical (unpaired) electrons. The summed E-state index contributed by atoms with van der Waals surface area (Å²) >= 11 is 6.22. The summed E-state index contributed by atoms with van der Waals surface area (Å²) in [5.41, 5.74) is 5.74. The fourth-order valence-electron chi connectivity index (χ4n) is 6.22. The Morgan fingerprint density at radius 3 is 2.56 bits per heavy atom. The molecule has 2 amide bonds. The highest BCUT2D eigenvalue weighted by Crippen LogP contribution is 2.38. The second kappa shape index (κ2) is 13.8. The molecule has 1 saturated carbocycles. The lowest BCUT2D eigenvalue weighted by atomic mass is 9.92. The number of hydrazine groups is 1. The SMILES string of the molecule is CN(C)C1CCN(c2nc(Cl)nc(NNC(=O)[C@@H](CC3CCCC3)CN(C=O)OCc3ccccc3)c2F)C1(C)C. The van der Waals surface area contributed by atoms with E-state index in [4.69, 9.17) is 16.4 Å². The molecule has 2 fully saturated rings. The van der Waals surface area contributed by atoms with Crippen LogP contribution in [0, 0.1) is 17.7 Å².